The number of carbonyl (C=O) groups excluding carboxylic acids is 2. The minimum absolute atomic E-state index is 0.0687. The highest BCUT2D eigenvalue weighted by Crippen LogP contribution is 2.36. The standard InChI is InChI=1S/C15H16ClN3O2.C14H14ClN3O2.C8H8F3N3O2.C7H6Cl2/c1-10-13(15(20)21-2)14-18(7-8-19(14)17-10)9-11-3-5-12(16)6-4-11;1-9-12(14(19)20)13-17(6-7-18(13)16-9)8-10-2-4-11(15)5-3-10;1-16-7(15)4-5(8(9,10)11)13-14-3-2-12-6(4)14;8-5-6-1-3-7(9)4-2-6/h3-6H,7-9H2,1-2H3;2-5H,6-8H2,1H3,(H,19,20);12H,2-3H2,1H3;1-4H,5H2. The van der Waals surface area contributed by atoms with Crippen LogP contribution in [0.5, 0.6) is 0 Å². The number of carboxylic acids is 1. The molecule has 0 unspecified atom stereocenters. The van der Waals surface area contributed by atoms with Gasteiger partial charge in [0.15, 0.2) is 5.69 Å². The molecule has 3 aliphatic rings. The lowest BCUT2D eigenvalue weighted by molar-refractivity contribution is -0.142. The van der Waals surface area contributed by atoms with E-state index in [4.69, 9.17) is 51.1 Å². The number of methoxy groups -OCH3 is 2. The third-order valence-corrected chi connectivity index (χ3v) is 11.5. The molecule has 66 heavy (non-hydrogen) atoms. The maximum atomic E-state index is 12.6. The van der Waals surface area contributed by atoms with E-state index in [1.807, 2.05) is 89.3 Å². The van der Waals surface area contributed by atoms with Gasteiger partial charge in [-0.3, -0.25) is 0 Å². The van der Waals surface area contributed by atoms with Gasteiger partial charge >= 0.3 is 24.1 Å². The van der Waals surface area contributed by atoms with Crippen LogP contribution < -0.4 is 15.1 Å². The number of ether oxygens (including phenoxy) is 2. The maximum Gasteiger partial charge on any atom is 0.436 e. The fourth-order valence-electron chi connectivity index (χ4n) is 7.41. The summed E-state index contributed by atoms with van der Waals surface area (Å²) in [5, 5.41) is 26.3. The molecular formula is C44H44Cl4F3N9O6. The number of aryl methyl sites for hydroxylation is 2. The van der Waals surface area contributed by atoms with Crippen LogP contribution in [0, 0.1) is 13.8 Å². The summed E-state index contributed by atoms with van der Waals surface area (Å²) in [7, 11) is 2.42. The Morgan fingerprint density at radius 1 is 0.636 bits per heavy atom. The molecule has 3 aromatic heterocycles. The van der Waals surface area contributed by atoms with Gasteiger partial charge in [-0.1, -0.05) is 71.2 Å². The number of halogens is 7. The Balaban J connectivity index is 0.000000151. The predicted molar refractivity (Wildman–Crippen MR) is 245 cm³/mol. The number of esters is 2. The summed E-state index contributed by atoms with van der Waals surface area (Å²) < 4.78 is 51.7. The van der Waals surface area contributed by atoms with Gasteiger partial charge in [-0.25, -0.2) is 28.4 Å². The number of nitrogens with one attached hydrogen (secondary N) is 1. The van der Waals surface area contributed by atoms with Crippen LogP contribution in [-0.4, -0.2) is 86.2 Å². The molecule has 6 heterocycles. The van der Waals surface area contributed by atoms with Crippen molar-refractivity contribution in [3.05, 3.63) is 138 Å². The van der Waals surface area contributed by atoms with E-state index in [1.54, 1.807) is 11.6 Å². The number of hydrogen-bond acceptors (Lipinski definition) is 11. The number of anilines is 3. The molecule has 3 aromatic carbocycles. The van der Waals surface area contributed by atoms with Crippen LogP contribution in [0.2, 0.25) is 15.1 Å². The summed E-state index contributed by atoms with van der Waals surface area (Å²) in [6.07, 6.45) is -4.66. The molecule has 0 atom stereocenters. The van der Waals surface area contributed by atoms with Gasteiger partial charge in [0, 0.05) is 53.7 Å². The number of aromatic carboxylic acids is 1. The van der Waals surface area contributed by atoms with Crippen LogP contribution in [0.3, 0.4) is 0 Å². The average Bonchev–Trinajstić information content (AvgIpc) is 4.15. The van der Waals surface area contributed by atoms with E-state index < -0.39 is 29.4 Å². The minimum Gasteiger partial charge on any atom is -0.477 e. The van der Waals surface area contributed by atoms with Crippen molar-refractivity contribution in [2.45, 2.75) is 58.6 Å². The van der Waals surface area contributed by atoms with Gasteiger partial charge < -0.3 is 29.7 Å². The second kappa shape index (κ2) is 21.6. The SMILES string of the molecule is COC(=O)c1c(C(F)(F)F)nn2c1NCC2.COC(=O)c1c(C)nn2c1N(Cc1ccc(Cl)cc1)CC2.Cc1nn2c(c1C(=O)O)N(Cc1ccc(Cl)cc1)CC2.ClCc1ccc(Cl)cc1. The zero-order valence-corrected chi connectivity index (χ0v) is 39.0. The minimum atomic E-state index is -4.66. The fraction of sp³-hybridized carbons (Fsp3) is 0.318. The Kier molecular flexibility index (Phi) is 16.2. The van der Waals surface area contributed by atoms with Gasteiger partial charge in [-0.2, -0.15) is 28.5 Å². The molecule has 9 rings (SSSR count). The van der Waals surface area contributed by atoms with E-state index in [9.17, 15) is 32.7 Å². The molecular weight excluding hydrogens is 949 g/mol. The molecule has 0 saturated heterocycles. The van der Waals surface area contributed by atoms with Gasteiger partial charge in [-0.15, -0.1) is 11.6 Å². The summed E-state index contributed by atoms with van der Waals surface area (Å²) >= 11 is 22.9. The van der Waals surface area contributed by atoms with Crippen molar-refractivity contribution >= 4 is 81.8 Å². The number of carbonyl (C=O) groups is 3. The fourth-order valence-corrected chi connectivity index (χ4v) is 7.96. The first-order chi connectivity index (χ1) is 31.4. The molecule has 15 nitrogen and oxygen atoms in total. The monoisotopic (exact) mass is 991 g/mol. The lowest BCUT2D eigenvalue weighted by Crippen LogP contribution is -2.22. The summed E-state index contributed by atoms with van der Waals surface area (Å²) in [5.74, 6) is -0.137. The van der Waals surface area contributed by atoms with Gasteiger partial charge in [0.1, 0.15) is 34.1 Å². The number of alkyl halides is 4. The average molecular weight is 994 g/mol. The molecule has 22 heteroatoms. The van der Waals surface area contributed by atoms with Crippen molar-refractivity contribution in [1.29, 1.82) is 0 Å². The molecule has 0 amide bonds. The Bertz CT molecular complexity index is 2670. The maximum absolute atomic E-state index is 12.6. The quantitative estimate of drug-likeness (QED) is 0.110. The second-order valence-electron chi connectivity index (χ2n) is 14.9. The highest BCUT2D eigenvalue weighted by atomic mass is 35.5. The summed E-state index contributed by atoms with van der Waals surface area (Å²) in [4.78, 5) is 38.8. The number of benzene rings is 3. The van der Waals surface area contributed by atoms with E-state index in [1.165, 1.54) is 7.11 Å². The van der Waals surface area contributed by atoms with Crippen molar-refractivity contribution < 1.29 is 42.1 Å². The van der Waals surface area contributed by atoms with Crippen LogP contribution in [0.4, 0.5) is 30.6 Å². The number of carboxylic acid groups (broad SMARTS) is 1. The van der Waals surface area contributed by atoms with Crippen molar-refractivity contribution in [1.82, 2.24) is 29.3 Å². The van der Waals surface area contributed by atoms with E-state index in [-0.39, 0.29) is 11.8 Å². The van der Waals surface area contributed by atoms with Crippen molar-refractivity contribution in [2.24, 2.45) is 0 Å². The van der Waals surface area contributed by atoms with Crippen LogP contribution >= 0.6 is 46.4 Å². The zero-order valence-electron chi connectivity index (χ0n) is 36.0. The van der Waals surface area contributed by atoms with E-state index in [0.29, 0.717) is 65.4 Å². The zero-order chi connectivity index (χ0) is 47.9. The van der Waals surface area contributed by atoms with Crippen LogP contribution in [-0.2, 0) is 54.3 Å². The van der Waals surface area contributed by atoms with Crippen LogP contribution in [0.1, 0.15) is 64.8 Å². The summed E-state index contributed by atoms with van der Waals surface area (Å²) in [6, 6.07) is 22.8. The lowest BCUT2D eigenvalue weighted by atomic mass is 10.2. The first-order valence-corrected chi connectivity index (χ1v) is 21.9. The molecule has 2 N–H and O–H groups in total. The van der Waals surface area contributed by atoms with Crippen molar-refractivity contribution in [3.8, 4) is 0 Å². The predicted octanol–water partition coefficient (Wildman–Crippen LogP) is 9.41. The Hall–Kier alpha value is -5.95. The molecule has 6 aromatic rings. The van der Waals surface area contributed by atoms with Gasteiger partial charge in [0.25, 0.3) is 0 Å². The molecule has 3 aliphatic heterocycles. The van der Waals surface area contributed by atoms with Crippen molar-refractivity contribution in [2.75, 3.05) is 49.0 Å². The van der Waals surface area contributed by atoms with Gasteiger partial charge in [-0.05, 0) is 66.9 Å². The smallest absolute Gasteiger partial charge is 0.436 e. The summed E-state index contributed by atoms with van der Waals surface area (Å²) in [5.41, 5.74) is 3.71. The third-order valence-electron chi connectivity index (χ3n) is 10.4. The molecule has 0 fully saturated rings. The first-order valence-electron chi connectivity index (χ1n) is 20.2. The number of aromatic nitrogens is 6. The van der Waals surface area contributed by atoms with Crippen molar-refractivity contribution in [3.63, 3.8) is 0 Å². The Labute approximate surface area is 397 Å². The second-order valence-corrected chi connectivity index (χ2v) is 16.5. The molecule has 0 spiro atoms. The number of nitrogens with zero attached hydrogens (tertiary/aromatic N) is 8. The Morgan fingerprint density at radius 3 is 1.48 bits per heavy atom. The van der Waals surface area contributed by atoms with Crippen LogP contribution in [0.15, 0.2) is 72.8 Å². The molecule has 350 valence electrons. The third kappa shape index (κ3) is 11.5. The number of fused-ring (bicyclic) bond motifs is 3. The van der Waals surface area contributed by atoms with Gasteiger partial charge in [0.05, 0.1) is 45.2 Å². The largest absolute Gasteiger partial charge is 0.477 e. The molecule has 0 bridgehead atoms. The number of hydrogen-bond donors (Lipinski definition) is 2. The van der Waals surface area contributed by atoms with E-state index >= 15 is 0 Å². The first kappa shape index (κ1) is 49.5. The molecule has 0 radical (unpaired) electrons. The summed E-state index contributed by atoms with van der Waals surface area (Å²) in [6.45, 7) is 8.78. The number of rotatable bonds is 8. The van der Waals surface area contributed by atoms with E-state index in [0.717, 1.165) is 70.5 Å². The normalized spacial score (nSPS) is 13.2. The Morgan fingerprint density at radius 2 is 1.06 bits per heavy atom. The van der Waals surface area contributed by atoms with Gasteiger partial charge in [0.2, 0.25) is 0 Å². The molecule has 0 saturated carbocycles. The van der Waals surface area contributed by atoms with E-state index in [2.05, 4.69) is 30.2 Å². The van der Waals surface area contributed by atoms with Crippen LogP contribution in [0.25, 0.3) is 0 Å². The topological polar surface area (TPSA) is 162 Å². The highest BCUT2D eigenvalue weighted by molar-refractivity contribution is 6.31. The lowest BCUT2D eigenvalue weighted by Gasteiger charge is -2.18. The molecule has 0 aliphatic carbocycles. The highest BCUT2D eigenvalue weighted by Gasteiger charge is 2.43.